The average molecular weight is 316 g/mol. The zero-order valence-corrected chi connectivity index (χ0v) is 11.0. The molecule has 0 unspecified atom stereocenters. The Morgan fingerprint density at radius 2 is 2.05 bits per heavy atom. The van der Waals surface area contributed by atoms with Crippen LogP contribution in [0.3, 0.4) is 0 Å². The number of nitro benzene ring substituents is 1. The third kappa shape index (κ3) is 4.00. The highest BCUT2D eigenvalue weighted by Gasteiger charge is 2.24. The van der Waals surface area contributed by atoms with E-state index in [1.165, 1.54) is 6.92 Å². The maximum atomic E-state index is 12.0. The van der Waals surface area contributed by atoms with Crippen LogP contribution in [0.1, 0.15) is 5.56 Å². The normalized spacial score (nSPS) is 11.6. The quantitative estimate of drug-likeness (QED) is 0.473. The molecule has 6 nitrogen and oxygen atoms in total. The number of ether oxygens (including phenoxy) is 1. The number of alkyl halides is 2. The van der Waals surface area contributed by atoms with E-state index in [4.69, 9.17) is 10.7 Å². The van der Waals surface area contributed by atoms with E-state index >= 15 is 0 Å². The SMILES string of the molecule is Cc1cc(OCC(F)F)c([N+](=O)[O-])cc1S(=O)(=O)Cl. The van der Waals surface area contributed by atoms with E-state index in [1.54, 1.807) is 0 Å². The van der Waals surface area contributed by atoms with Gasteiger partial charge in [0.15, 0.2) is 5.75 Å². The van der Waals surface area contributed by atoms with Gasteiger partial charge in [-0.1, -0.05) is 0 Å². The van der Waals surface area contributed by atoms with Gasteiger partial charge in [-0.25, -0.2) is 17.2 Å². The lowest BCUT2D eigenvalue weighted by Crippen LogP contribution is -2.09. The molecule has 1 rings (SSSR count). The molecule has 0 fully saturated rings. The molecule has 0 aliphatic rings. The van der Waals surface area contributed by atoms with Crippen molar-refractivity contribution in [3.05, 3.63) is 27.8 Å². The fraction of sp³-hybridized carbons (Fsp3) is 0.333. The Labute approximate surface area is 111 Å². The van der Waals surface area contributed by atoms with Crippen LogP contribution in [0.2, 0.25) is 0 Å². The van der Waals surface area contributed by atoms with E-state index in [0.717, 1.165) is 6.07 Å². The Morgan fingerprint density at radius 1 is 1.47 bits per heavy atom. The average Bonchev–Trinajstić information content (AvgIpc) is 2.23. The molecule has 0 N–H and O–H groups in total. The lowest BCUT2D eigenvalue weighted by molar-refractivity contribution is -0.386. The van der Waals surface area contributed by atoms with Gasteiger partial charge in [-0.05, 0) is 18.6 Å². The van der Waals surface area contributed by atoms with Crippen molar-refractivity contribution in [1.29, 1.82) is 0 Å². The fourth-order valence-electron chi connectivity index (χ4n) is 1.32. The number of rotatable bonds is 5. The monoisotopic (exact) mass is 315 g/mol. The zero-order valence-electron chi connectivity index (χ0n) is 9.47. The van der Waals surface area contributed by atoms with Gasteiger partial charge in [-0.15, -0.1) is 0 Å². The van der Waals surface area contributed by atoms with Gasteiger partial charge in [0, 0.05) is 16.7 Å². The summed E-state index contributed by atoms with van der Waals surface area (Å²) in [5.41, 5.74) is -0.685. The van der Waals surface area contributed by atoms with Crippen molar-refractivity contribution in [3.63, 3.8) is 0 Å². The molecular weight excluding hydrogens is 308 g/mol. The first kappa shape index (κ1) is 15.6. The van der Waals surface area contributed by atoms with Gasteiger partial charge in [0.1, 0.15) is 6.61 Å². The first-order valence-electron chi connectivity index (χ1n) is 4.77. The van der Waals surface area contributed by atoms with Crippen molar-refractivity contribution < 1.29 is 26.9 Å². The standard InChI is InChI=1S/C9H8ClF2NO5S/c1-5-2-7(18-4-9(11)12)6(13(14)15)3-8(5)19(10,16)17/h2-3,9H,4H2,1H3. The van der Waals surface area contributed by atoms with Crippen LogP contribution in [0.4, 0.5) is 14.5 Å². The topological polar surface area (TPSA) is 86.5 Å². The number of benzene rings is 1. The van der Waals surface area contributed by atoms with Crippen LogP contribution in [-0.4, -0.2) is 26.4 Å². The first-order valence-corrected chi connectivity index (χ1v) is 7.08. The van der Waals surface area contributed by atoms with Crippen LogP contribution in [0.15, 0.2) is 17.0 Å². The molecule has 0 aliphatic heterocycles. The van der Waals surface area contributed by atoms with Gasteiger partial charge in [0.25, 0.3) is 15.5 Å². The molecule has 0 bridgehead atoms. The van der Waals surface area contributed by atoms with Crippen LogP contribution in [0, 0.1) is 17.0 Å². The van der Waals surface area contributed by atoms with Gasteiger partial charge in [-0.2, -0.15) is 0 Å². The first-order chi connectivity index (χ1) is 8.62. The summed E-state index contributed by atoms with van der Waals surface area (Å²) in [6.45, 7) is 0.279. The molecule has 1 aromatic carbocycles. The minimum atomic E-state index is -4.17. The van der Waals surface area contributed by atoms with Gasteiger partial charge in [0.2, 0.25) is 0 Å². The van der Waals surface area contributed by atoms with Crippen molar-refractivity contribution in [2.24, 2.45) is 0 Å². The maximum absolute atomic E-state index is 12.0. The van der Waals surface area contributed by atoms with Crippen LogP contribution in [0.25, 0.3) is 0 Å². The van der Waals surface area contributed by atoms with Crippen LogP contribution in [0.5, 0.6) is 5.75 Å². The summed E-state index contributed by atoms with van der Waals surface area (Å²) in [4.78, 5) is 9.35. The number of halogens is 3. The highest BCUT2D eigenvalue weighted by atomic mass is 35.7. The van der Waals surface area contributed by atoms with E-state index in [0.29, 0.717) is 6.07 Å². The van der Waals surface area contributed by atoms with E-state index in [-0.39, 0.29) is 5.56 Å². The minimum absolute atomic E-state index is 0.0601. The number of aryl methyl sites for hydroxylation is 1. The Hall–Kier alpha value is -1.48. The summed E-state index contributed by atoms with van der Waals surface area (Å²) in [6.07, 6.45) is -2.81. The van der Waals surface area contributed by atoms with Crippen molar-refractivity contribution in [2.75, 3.05) is 6.61 Å². The molecule has 10 heteroatoms. The predicted octanol–water partition coefficient (Wildman–Crippen LogP) is 2.47. The third-order valence-corrected chi connectivity index (χ3v) is 3.54. The van der Waals surface area contributed by atoms with Gasteiger partial charge < -0.3 is 4.74 Å². The van der Waals surface area contributed by atoms with Crippen molar-refractivity contribution in [2.45, 2.75) is 18.2 Å². The molecule has 0 radical (unpaired) electrons. The summed E-state index contributed by atoms with van der Waals surface area (Å²) < 4.78 is 51.0. The summed E-state index contributed by atoms with van der Waals surface area (Å²) in [7, 11) is 0.936. The van der Waals surface area contributed by atoms with Gasteiger partial charge in [-0.3, -0.25) is 10.1 Å². The molecule has 0 saturated carbocycles. The molecule has 19 heavy (non-hydrogen) atoms. The van der Waals surface area contributed by atoms with Crippen LogP contribution < -0.4 is 4.74 Å². The zero-order chi connectivity index (χ0) is 14.8. The highest BCUT2D eigenvalue weighted by molar-refractivity contribution is 8.13. The summed E-state index contributed by atoms with van der Waals surface area (Å²) in [5, 5.41) is 10.8. The molecule has 0 heterocycles. The Bertz CT molecular complexity index is 605. The van der Waals surface area contributed by atoms with Crippen LogP contribution >= 0.6 is 10.7 Å². The molecule has 0 aliphatic carbocycles. The molecule has 1 aromatic rings. The highest BCUT2D eigenvalue weighted by Crippen LogP contribution is 2.33. The molecule has 0 spiro atoms. The number of hydrogen-bond acceptors (Lipinski definition) is 5. The predicted molar refractivity (Wildman–Crippen MR) is 62.4 cm³/mol. The maximum Gasteiger partial charge on any atom is 0.312 e. The second-order valence-electron chi connectivity index (χ2n) is 3.48. The Kier molecular flexibility index (Phi) is 4.64. The molecule has 0 amide bonds. The van der Waals surface area contributed by atoms with Crippen molar-refractivity contribution >= 4 is 25.4 Å². The van der Waals surface area contributed by atoms with Gasteiger partial charge >= 0.3 is 5.69 Å². The van der Waals surface area contributed by atoms with E-state index in [9.17, 15) is 27.3 Å². The largest absolute Gasteiger partial charge is 0.481 e. The summed E-state index contributed by atoms with van der Waals surface area (Å²) >= 11 is 0. The lowest BCUT2D eigenvalue weighted by Gasteiger charge is -2.09. The molecular formula is C9H8ClF2NO5S. The summed E-state index contributed by atoms with van der Waals surface area (Å²) in [6, 6.07) is 1.66. The molecule has 106 valence electrons. The van der Waals surface area contributed by atoms with Crippen molar-refractivity contribution in [3.8, 4) is 5.75 Å². The Morgan fingerprint density at radius 3 is 2.47 bits per heavy atom. The van der Waals surface area contributed by atoms with E-state index < -0.39 is 43.3 Å². The number of nitro groups is 1. The minimum Gasteiger partial charge on any atom is -0.481 e. The summed E-state index contributed by atoms with van der Waals surface area (Å²) in [5.74, 6) is -0.438. The lowest BCUT2D eigenvalue weighted by atomic mass is 10.2. The Balaban J connectivity index is 3.34. The molecule has 0 aromatic heterocycles. The number of nitrogens with zero attached hydrogens (tertiary/aromatic N) is 1. The smallest absolute Gasteiger partial charge is 0.312 e. The van der Waals surface area contributed by atoms with Gasteiger partial charge in [0.05, 0.1) is 9.82 Å². The second kappa shape index (κ2) is 5.66. The van der Waals surface area contributed by atoms with Crippen molar-refractivity contribution in [1.82, 2.24) is 0 Å². The van der Waals surface area contributed by atoms with Crippen LogP contribution in [-0.2, 0) is 9.05 Å². The van der Waals surface area contributed by atoms with E-state index in [1.807, 2.05) is 0 Å². The number of hydrogen-bond donors (Lipinski definition) is 0. The fourth-order valence-corrected chi connectivity index (χ4v) is 2.52. The third-order valence-electron chi connectivity index (χ3n) is 2.08. The molecule has 0 atom stereocenters. The van der Waals surface area contributed by atoms with E-state index in [2.05, 4.69) is 4.74 Å². The molecule has 0 saturated heterocycles. The second-order valence-corrected chi connectivity index (χ2v) is 6.02.